The lowest BCUT2D eigenvalue weighted by Gasteiger charge is -2.42. The third-order valence-electron chi connectivity index (χ3n) is 6.41. The van der Waals surface area contributed by atoms with Crippen molar-refractivity contribution in [2.24, 2.45) is 0 Å². The topological polar surface area (TPSA) is 117 Å². The maximum Gasteiger partial charge on any atom is 0.410 e. The number of hydrogen-bond donors (Lipinski definition) is 0. The van der Waals surface area contributed by atoms with Gasteiger partial charge in [-0.2, -0.15) is 4.98 Å². The van der Waals surface area contributed by atoms with E-state index in [9.17, 15) is 14.4 Å². The van der Waals surface area contributed by atoms with E-state index in [2.05, 4.69) is 9.97 Å². The van der Waals surface area contributed by atoms with Crippen molar-refractivity contribution in [3.63, 3.8) is 0 Å². The SMILES string of the molecule is COC(=O)c1nc(C2(C)CCCCN2C(=O)OCc2ccccc2)nc(OC)c1OC(=O)c1ccccc1. The zero-order valence-corrected chi connectivity index (χ0v) is 21.5. The molecule has 10 heteroatoms. The first kappa shape index (κ1) is 26.6. The number of carbonyl (C=O) groups is 3. The lowest BCUT2D eigenvalue weighted by Crippen LogP contribution is -2.51. The summed E-state index contributed by atoms with van der Waals surface area (Å²) in [6.07, 6.45) is 1.55. The molecular weight excluding hydrogens is 490 g/mol. The first-order valence-electron chi connectivity index (χ1n) is 12.2. The van der Waals surface area contributed by atoms with E-state index in [0.717, 1.165) is 18.4 Å². The minimum absolute atomic E-state index is 0.109. The van der Waals surface area contributed by atoms with Crippen LogP contribution in [-0.4, -0.2) is 53.7 Å². The van der Waals surface area contributed by atoms with Crippen molar-refractivity contribution in [3.8, 4) is 11.6 Å². The fourth-order valence-electron chi connectivity index (χ4n) is 4.31. The zero-order chi connectivity index (χ0) is 27.1. The molecule has 1 unspecified atom stereocenters. The Balaban J connectivity index is 1.69. The predicted octanol–water partition coefficient (Wildman–Crippen LogP) is 4.53. The summed E-state index contributed by atoms with van der Waals surface area (Å²) in [5.74, 6) is -1.83. The van der Waals surface area contributed by atoms with Gasteiger partial charge in [-0.05, 0) is 43.9 Å². The molecule has 1 aliphatic rings. The molecule has 10 nitrogen and oxygen atoms in total. The number of aromatic nitrogens is 2. The maximum absolute atomic E-state index is 13.2. The normalized spacial score (nSPS) is 16.9. The summed E-state index contributed by atoms with van der Waals surface area (Å²) >= 11 is 0. The Morgan fingerprint density at radius 3 is 2.26 bits per heavy atom. The van der Waals surface area contributed by atoms with Gasteiger partial charge in [-0.3, -0.25) is 4.90 Å². The Morgan fingerprint density at radius 1 is 0.921 bits per heavy atom. The fourth-order valence-corrected chi connectivity index (χ4v) is 4.31. The van der Waals surface area contributed by atoms with Crippen molar-refractivity contribution in [1.82, 2.24) is 14.9 Å². The molecule has 1 fully saturated rings. The molecule has 1 aromatic heterocycles. The number of carbonyl (C=O) groups excluding carboxylic acids is 3. The quantitative estimate of drug-likeness (QED) is 0.415. The molecule has 2 aromatic carbocycles. The van der Waals surface area contributed by atoms with Crippen LogP contribution in [0.2, 0.25) is 0 Å². The van der Waals surface area contributed by atoms with E-state index in [0.29, 0.717) is 13.0 Å². The number of esters is 2. The standard InChI is InChI=1S/C28H29N3O7/c1-28(16-10-11-17-31(28)27(34)37-18-19-12-6-4-7-13-19)26-29-21(25(33)36-3)22(23(30-26)35-2)38-24(32)20-14-8-5-9-15-20/h4-9,12-15H,10-11,16-18H2,1-3H3. The van der Waals surface area contributed by atoms with Gasteiger partial charge >= 0.3 is 18.0 Å². The monoisotopic (exact) mass is 519 g/mol. The number of likely N-dealkylation sites (tertiary alicyclic amines) is 1. The average Bonchev–Trinajstić information content (AvgIpc) is 2.96. The Hall–Kier alpha value is -4.47. The number of rotatable bonds is 7. The number of methoxy groups -OCH3 is 2. The van der Waals surface area contributed by atoms with Gasteiger partial charge in [0.1, 0.15) is 12.1 Å². The van der Waals surface area contributed by atoms with Crippen LogP contribution in [0.15, 0.2) is 60.7 Å². The summed E-state index contributed by atoms with van der Waals surface area (Å²) in [6.45, 7) is 2.33. The molecular formula is C28H29N3O7. The third-order valence-corrected chi connectivity index (χ3v) is 6.41. The van der Waals surface area contributed by atoms with Crippen molar-refractivity contribution in [2.45, 2.75) is 38.3 Å². The molecule has 198 valence electrons. The highest BCUT2D eigenvalue weighted by molar-refractivity contribution is 5.95. The number of piperidine rings is 1. The van der Waals surface area contributed by atoms with Crippen LogP contribution in [-0.2, 0) is 21.6 Å². The van der Waals surface area contributed by atoms with Crippen LogP contribution in [0.5, 0.6) is 11.6 Å². The van der Waals surface area contributed by atoms with E-state index in [1.54, 1.807) is 42.2 Å². The molecule has 38 heavy (non-hydrogen) atoms. The first-order valence-corrected chi connectivity index (χ1v) is 12.2. The van der Waals surface area contributed by atoms with Crippen LogP contribution < -0.4 is 9.47 Å². The number of ether oxygens (including phenoxy) is 4. The molecule has 0 aliphatic carbocycles. The lowest BCUT2D eigenvalue weighted by atomic mass is 9.87. The highest BCUT2D eigenvalue weighted by atomic mass is 16.6. The average molecular weight is 520 g/mol. The van der Waals surface area contributed by atoms with Crippen LogP contribution in [0, 0.1) is 0 Å². The van der Waals surface area contributed by atoms with E-state index in [1.165, 1.54) is 14.2 Å². The highest BCUT2D eigenvalue weighted by Crippen LogP contribution is 2.39. The highest BCUT2D eigenvalue weighted by Gasteiger charge is 2.44. The van der Waals surface area contributed by atoms with Crippen LogP contribution in [0.3, 0.4) is 0 Å². The van der Waals surface area contributed by atoms with Crippen molar-refractivity contribution in [3.05, 3.63) is 83.3 Å². The van der Waals surface area contributed by atoms with E-state index < -0.39 is 23.6 Å². The second-order valence-corrected chi connectivity index (χ2v) is 8.90. The van der Waals surface area contributed by atoms with Gasteiger partial charge in [0, 0.05) is 6.54 Å². The van der Waals surface area contributed by atoms with Crippen molar-refractivity contribution < 1.29 is 33.3 Å². The van der Waals surface area contributed by atoms with Crippen LogP contribution in [0.25, 0.3) is 0 Å². The Labute approximate surface area is 220 Å². The third kappa shape index (κ3) is 5.59. The van der Waals surface area contributed by atoms with Gasteiger partial charge in [-0.1, -0.05) is 48.5 Å². The summed E-state index contributed by atoms with van der Waals surface area (Å²) in [4.78, 5) is 49.3. The molecule has 1 saturated heterocycles. The molecule has 2 heterocycles. The zero-order valence-electron chi connectivity index (χ0n) is 21.5. The van der Waals surface area contributed by atoms with E-state index in [1.807, 2.05) is 30.3 Å². The minimum atomic E-state index is -1.02. The number of amides is 1. The molecule has 0 radical (unpaired) electrons. The minimum Gasteiger partial charge on any atom is -0.478 e. The summed E-state index contributed by atoms with van der Waals surface area (Å²) in [5, 5.41) is 0. The maximum atomic E-state index is 13.2. The van der Waals surface area contributed by atoms with Gasteiger partial charge in [-0.15, -0.1) is 0 Å². The second-order valence-electron chi connectivity index (χ2n) is 8.90. The van der Waals surface area contributed by atoms with Gasteiger partial charge in [0.05, 0.1) is 19.8 Å². The molecule has 3 aromatic rings. The first-order chi connectivity index (χ1) is 18.4. The second kappa shape index (κ2) is 11.7. The van der Waals surface area contributed by atoms with Crippen molar-refractivity contribution in [1.29, 1.82) is 0 Å². The van der Waals surface area contributed by atoms with Crippen LogP contribution in [0.1, 0.15) is 58.4 Å². The molecule has 1 atom stereocenters. The molecule has 0 N–H and O–H groups in total. The van der Waals surface area contributed by atoms with E-state index in [-0.39, 0.29) is 35.3 Å². The molecule has 1 amide bonds. The predicted molar refractivity (Wildman–Crippen MR) is 136 cm³/mol. The summed E-state index contributed by atoms with van der Waals surface area (Å²) in [5.41, 5.74) is -0.191. The Bertz CT molecular complexity index is 1300. The summed E-state index contributed by atoms with van der Waals surface area (Å²) in [7, 11) is 2.52. The number of nitrogens with zero attached hydrogens (tertiary/aromatic N) is 3. The van der Waals surface area contributed by atoms with Crippen molar-refractivity contribution in [2.75, 3.05) is 20.8 Å². The van der Waals surface area contributed by atoms with E-state index >= 15 is 0 Å². The molecule has 0 bridgehead atoms. The van der Waals surface area contributed by atoms with Gasteiger partial charge in [0.2, 0.25) is 5.75 Å². The number of hydrogen-bond acceptors (Lipinski definition) is 9. The Kier molecular flexibility index (Phi) is 8.20. The van der Waals surface area contributed by atoms with Gasteiger partial charge < -0.3 is 18.9 Å². The van der Waals surface area contributed by atoms with Crippen LogP contribution in [0.4, 0.5) is 4.79 Å². The van der Waals surface area contributed by atoms with Crippen molar-refractivity contribution >= 4 is 18.0 Å². The van der Waals surface area contributed by atoms with Crippen LogP contribution >= 0.6 is 0 Å². The molecule has 4 rings (SSSR count). The van der Waals surface area contributed by atoms with E-state index in [4.69, 9.17) is 18.9 Å². The van der Waals surface area contributed by atoms with Gasteiger partial charge in [0.25, 0.3) is 5.88 Å². The Morgan fingerprint density at radius 2 is 1.61 bits per heavy atom. The number of benzene rings is 2. The van der Waals surface area contributed by atoms with Gasteiger partial charge in [0.15, 0.2) is 11.5 Å². The fraction of sp³-hybridized carbons (Fsp3) is 0.321. The molecule has 1 aliphatic heterocycles. The van der Waals surface area contributed by atoms with Gasteiger partial charge in [-0.25, -0.2) is 19.4 Å². The smallest absolute Gasteiger partial charge is 0.410 e. The molecule has 0 spiro atoms. The largest absolute Gasteiger partial charge is 0.478 e. The molecule has 0 saturated carbocycles. The summed E-state index contributed by atoms with van der Waals surface area (Å²) in [6, 6.07) is 17.6. The lowest BCUT2D eigenvalue weighted by molar-refractivity contribution is 0.0250. The summed E-state index contributed by atoms with van der Waals surface area (Å²) < 4.78 is 21.5.